The first-order valence-electron chi connectivity index (χ1n) is 6.90. The monoisotopic (exact) mass is 290 g/mol. The highest BCUT2D eigenvalue weighted by molar-refractivity contribution is 5.77. The molecule has 0 amide bonds. The molecular formula is C18H14N2O2. The maximum absolute atomic E-state index is 11.4. The van der Waals surface area contributed by atoms with Crippen molar-refractivity contribution in [2.45, 2.75) is 0 Å². The maximum atomic E-state index is 11.4. The number of nitrogens with zero attached hydrogens (tertiary/aromatic N) is 1. The third-order valence-corrected chi connectivity index (χ3v) is 3.34. The van der Waals surface area contributed by atoms with E-state index in [9.17, 15) is 10.1 Å². The van der Waals surface area contributed by atoms with Crippen LogP contribution >= 0.6 is 0 Å². The molecule has 0 spiro atoms. The fourth-order valence-corrected chi connectivity index (χ4v) is 2.31. The average molecular weight is 290 g/mol. The predicted octanol–water partition coefficient (Wildman–Crippen LogP) is 5.01. The number of benzene rings is 3. The van der Waals surface area contributed by atoms with E-state index >= 15 is 0 Å². The normalized spacial score (nSPS) is 10.2. The van der Waals surface area contributed by atoms with Crippen LogP contribution in [0.15, 0.2) is 78.9 Å². The SMILES string of the molecule is O=[N+]([O-])c1cc(Nc2ccccc2)ccc1-c1ccccc1. The summed E-state index contributed by atoms with van der Waals surface area (Å²) in [5, 5.41) is 14.6. The van der Waals surface area contributed by atoms with Gasteiger partial charge < -0.3 is 5.32 Å². The lowest BCUT2D eigenvalue weighted by molar-refractivity contribution is -0.384. The first kappa shape index (κ1) is 13.8. The van der Waals surface area contributed by atoms with Gasteiger partial charge in [-0.3, -0.25) is 10.1 Å². The first-order valence-corrected chi connectivity index (χ1v) is 6.90. The van der Waals surface area contributed by atoms with E-state index in [1.807, 2.05) is 66.7 Å². The van der Waals surface area contributed by atoms with Gasteiger partial charge in [0, 0.05) is 17.4 Å². The van der Waals surface area contributed by atoms with Crippen LogP contribution in [-0.4, -0.2) is 4.92 Å². The molecule has 4 nitrogen and oxygen atoms in total. The van der Waals surface area contributed by atoms with Crippen LogP contribution in [0.4, 0.5) is 17.1 Å². The molecule has 0 saturated carbocycles. The molecule has 0 aliphatic carbocycles. The summed E-state index contributed by atoms with van der Waals surface area (Å²) in [7, 11) is 0. The molecule has 0 aliphatic heterocycles. The number of hydrogen-bond acceptors (Lipinski definition) is 3. The molecule has 0 aromatic heterocycles. The van der Waals surface area contributed by atoms with Crippen LogP contribution in [-0.2, 0) is 0 Å². The minimum Gasteiger partial charge on any atom is -0.355 e. The quantitative estimate of drug-likeness (QED) is 0.543. The fraction of sp³-hybridized carbons (Fsp3) is 0. The van der Waals surface area contributed by atoms with Crippen molar-refractivity contribution in [3.63, 3.8) is 0 Å². The van der Waals surface area contributed by atoms with Crippen LogP contribution in [0.5, 0.6) is 0 Å². The Balaban J connectivity index is 1.99. The largest absolute Gasteiger partial charge is 0.355 e. The van der Waals surface area contributed by atoms with E-state index in [-0.39, 0.29) is 10.6 Å². The lowest BCUT2D eigenvalue weighted by atomic mass is 10.0. The number of hydrogen-bond donors (Lipinski definition) is 1. The number of rotatable bonds is 4. The molecule has 4 heteroatoms. The molecule has 3 rings (SSSR count). The lowest BCUT2D eigenvalue weighted by Gasteiger charge is -2.09. The Bertz CT molecular complexity index is 787. The summed E-state index contributed by atoms with van der Waals surface area (Å²) in [6, 6.07) is 24.1. The van der Waals surface area contributed by atoms with Crippen molar-refractivity contribution in [2.75, 3.05) is 5.32 Å². The molecule has 0 atom stereocenters. The van der Waals surface area contributed by atoms with Gasteiger partial charge >= 0.3 is 0 Å². The van der Waals surface area contributed by atoms with Gasteiger partial charge in [-0.05, 0) is 29.8 Å². The molecule has 0 radical (unpaired) electrons. The summed E-state index contributed by atoms with van der Waals surface area (Å²) in [5.41, 5.74) is 3.12. The molecule has 0 saturated heterocycles. The number of para-hydroxylation sites is 1. The second kappa shape index (κ2) is 6.10. The smallest absolute Gasteiger partial charge is 0.279 e. The fourth-order valence-electron chi connectivity index (χ4n) is 2.31. The zero-order valence-electron chi connectivity index (χ0n) is 11.8. The molecule has 3 aromatic rings. The third-order valence-electron chi connectivity index (χ3n) is 3.34. The van der Waals surface area contributed by atoms with Crippen LogP contribution in [0.1, 0.15) is 0 Å². The van der Waals surface area contributed by atoms with E-state index in [1.54, 1.807) is 12.1 Å². The van der Waals surface area contributed by atoms with E-state index in [0.29, 0.717) is 11.3 Å². The molecule has 1 N–H and O–H groups in total. The van der Waals surface area contributed by atoms with Crippen molar-refractivity contribution in [2.24, 2.45) is 0 Å². The predicted molar refractivity (Wildman–Crippen MR) is 88.3 cm³/mol. The second-order valence-electron chi connectivity index (χ2n) is 4.85. The molecule has 0 aliphatic rings. The van der Waals surface area contributed by atoms with Gasteiger partial charge in [0.15, 0.2) is 0 Å². The van der Waals surface area contributed by atoms with Crippen LogP contribution in [0.2, 0.25) is 0 Å². The Hall–Kier alpha value is -3.14. The van der Waals surface area contributed by atoms with Crippen molar-refractivity contribution in [1.29, 1.82) is 0 Å². The van der Waals surface area contributed by atoms with Gasteiger partial charge in [-0.25, -0.2) is 0 Å². The highest BCUT2D eigenvalue weighted by atomic mass is 16.6. The average Bonchev–Trinajstić information content (AvgIpc) is 2.56. The standard InChI is InChI=1S/C18H14N2O2/c21-20(22)18-13-16(19-15-9-5-2-6-10-15)11-12-17(18)14-7-3-1-4-8-14/h1-13,19H. The number of nitrogens with one attached hydrogen (secondary N) is 1. The van der Waals surface area contributed by atoms with Crippen LogP contribution < -0.4 is 5.32 Å². The molecule has 3 aromatic carbocycles. The lowest BCUT2D eigenvalue weighted by Crippen LogP contribution is -1.95. The van der Waals surface area contributed by atoms with E-state index in [0.717, 1.165) is 11.3 Å². The van der Waals surface area contributed by atoms with Crippen molar-refractivity contribution in [1.82, 2.24) is 0 Å². The van der Waals surface area contributed by atoms with E-state index in [2.05, 4.69) is 5.32 Å². The summed E-state index contributed by atoms with van der Waals surface area (Å²) in [5.74, 6) is 0. The zero-order valence-corrected chi connectivity index (χ0v) is 11.8. The molecule has 0 bridgehead atoms. The van der Waals surface area contributed by atoms with Crippen LogP contribution in [0, 0.1) is 10.1 Å². The first-order chi connectivity index (χ1) is 10.7. The summed E-state index contributed by atoms with van der Waals surface area (Å²) in [4.78, 5) is 11.0. The third kappa shape index (κ3) is 2.96. The number of anilines is 2. The van der Waals surface area contributed by atoms with Gasteiger partial charge in [0.05, 0.1) is 10.5 Å². The Morgan fingerprint density at radius 1 is 0.773 bits per heavy atom. The Morgan fingerprint density at radius 3 is 2.05 bits per heavy atom. The Morgan fingerprint density at radius 2 is 1.41 bits per heavy atom. The van der Waals surface area contributed by atoms with Gasteiger partial charge in [0.25, 0.3) is 5.69 Å². The summed E-state index contributed by atoms with van der Waals surface area (Å²) in [6.45, 7) is 0. The van der Waals surface area contributed by atoms with E-state index < -0.39 is 0 Å². The van der Waals surface area contributed by atoms with Crippen LogP contribution in [0.3, 0.4) is 0 Å². The highest BCUT2D eigenvalue weighted by Crippen LogP contribution is 2.33. The minimum atomic E-state index is -0.349. The van der Waals surface area contributed by atoms with Crippen molar-refractivity contribution in [3.05, 3.63) is 89.0 Å². The number of nitro benzene ring substituents is 1. The molecule has 0 fully saturated rings. The topological polar surface area (TPSA) is 55.2 Å². The van der Waals surface area contributed by atoms with Gasteiger partial charge in [-0.2, -0.15) is 0 Å². The van der Waals surface area contributed by atoms with Gasteiger partial charge in [0.2, 0.25) is 0 Å². The zero-order chi connectivity index (χ0) is 15.4. The second-order valence-corrected chi connectivity index (χ2v) is 4.85. The molecular weight excluding hydrogens is 276 g/mol. The minimum absolute atomic E-state index is 0.0899. The number of nitro groups is 1. The van der Waals surface area contributed by atoms with Crippen LogP contribution in [0.25, 0.3) is 11.1 Å². The summed E-state index contributed by atoms with van der Waals surface area (Å²) < 4.78 is 0. The van der Waals surface area contributed by atoms with Gasteiger partial charge in [-0.1, -0.05) is 48.5 Å². The molecule has 108 valence electrons. The van der Waals surface area contributed by atoms with E-state index in [1.165, 1.54) is 0 Å². The summed E-state index contributed by atoms with van der Waals surface area (Å²) >= 11 is 0. The van der Waals surface area contributed by atoms with Crippen molar-refractivity contribution < 1.29 is 4.92 Å². The summed E-state index contributed by atoms with van der Waals surface area (Å²) in [6.07, 6.45) is 0. The highest BCUT2D eigenvalue weighted by Gasteiger charge is 2.16. The van der Waals surface area contributed by atoms with Gasteiger partial charge in [0.1, 0.15) is 0 Å². The Kier molecular flexibility index (Phi) is 3.83. The van der Waals surface area contributed by atoms with Gasteiger partial charge in [-0.15, -0.1) is 0 Å². The van der Waals surface area contributed by atoms with Crippen molar-refractivity contribution >= 4 is 17.1 Å². The van der Waals surface area contributed by atoms with E-state index in [4.69, 9.17) is 0 Å². The maximum Gasteiger partial charge on any atom is 0.279 e. The molecule has 22 heavy (non-hydrogen) atoms. The van der Waals surface area contributed by atoms with Crippen molar-refractivity contribution in [3.8, 4) is 11.1 Å². The Labute approximate surface area is 128 Å². The molecule has 0 heterocycles. The molecule has 0 unspecified atom stereocenters.